The third kappa shape index (κ3) is 5.57. The highest BCUT2D eigenvalue weighted by Gasteiger charge is 2.34. The van der Waals surface area contributed by atoms with E-state index in [9.17, 15) is 5.11 Å². The monoisotopic (exact) mass is 501 g/mol. The second kappa shape index (κ2) is 11.0. The Morgan fingerprint density at radius 3 is 2.89 bits per heavy atom. The molecule has 0 bridgehead atoms. The minimum absolute atomic E-state index is 0. The van der Waals surface area contributed by atoms with Gasteiger partial charge in [0.25, 0.3) is 0 Å². The molecule has 8 heteroatoms. The van der Waals surface area contributed by atoms with Crippen LogP contribution in [0.3, 0.4) is 0 Å². The van der Waals surface area contributed by atoms with Gasteiger partial charge >= 0.3 is 0 Å². The number of para-hydroxylation sites is 2. The summed E-state index contributed by atoms with van der Waals surface area (Å²) in [6, 6.07) is 8.25. The third-order valence-corrected chi connectivity index (χ3v) is 5.38. The predicted molar refractivity (Wildman–Crippen MR) is 123 cm³/mol. The molecule has 0 aliphatic carbocycles. The average molecular weight is 501 g/mol. The lowest BCUT2D eigenvalue weighted by Gasteiger charge is -2.27. The maximum absolute atomic E-state index is 9.34. The number of hydrogen-bond acceptors (Lipinski definition) is 4. The SMILES string of the molecule is CN=C(NCCCn1c(C)nc2ccccc21)NCC1(CCO)CCOC1.I. The van der Waals surface area contributed by atoms with Gasteiger partial charge in [0.15, 0.2) is 5.96 Å². The molecule has 1 atom stereocenters. The number of hydrogen-bond donors (Lipinski definition) is 3. The molecule has 1 saturated heterocycles. The Morgan fingerprint density at radius 1 is 1.36 bits per heavy atom. The van der Waals surface area contributed by atoms with Gasteiger partial charge in [-0.15, -0.1) is 24.0 Å². The Bertz CT molecular complexity index is 771. The number of benzene rings is 1. The molecular formula is C20H32IN5O2. The number of aryl methyl sites for hydroxylation is 2. The molecule has 0 radical (unpaired) electrons. The van der Waals surface area contributed by atoms with Crippen molar-refractivity contribution >= 4 is 41.0 Å². The molecule has 1 aliphatic heterocycles. The largest absolute Gasteiger partial charge is 0.396 e. The molecule has 1 fully saturated rings. The first-order valence-corrected chi connectivity index (χ1v) is 9.72. The van der Waals surface area contributed by atoms with E-state index in [1.54, 1.807) is 7.05 Å². The zero-order valence-electron chi connectivity index (χ0n) is 16.8. The van der Waals surface area contributed by atoms with E-state index in [1.807, 2.05) is 6.07 Å². The molecule has 28 heavy (non-hydrogen) atoms. The number of guanidine groups is 1. The van der Waals surface area contributed by atoms with Crippen LogP contribution in [0.2, 0.25) is 0 Å². The fourth-order valence-electron chi connectivity index (χ4n) is 3.73. The Morgan fingerprint density at radius 2 is 2.18 bits per heavy atom. The summed E-state index contributed by atoms with van der Waals surface area (Å²) in [5, 5.41) is 16.1. The van der Waals surface area contributed by atoms with Crippen LogP contribution < -0.4 is 10.6 Å². The second-order valence-electron chi connectivity index (χ2n) is 7.28. The van der Waals surface area contributed by atoms with Crippen molar-refractivity contribution in [3.8, 4) is 0 Å². The third-order valence-electron chi connectivity index (χ3n) is 5.38. The molecule has 3 N–H and O–H groups in total. The number of aromatic nitrogens is 2. The first-order valence-electron chi connectivity index (χ1n) is 9.72. The molecular weight excluding hydrogens is 469 g/mol. The van der Waals surface area contributed by atoms with Crippen molar-refractivity contribution in [1.29, 1.82) is 0 Å². The van der Waals surface area contributed by atoms with Crippen LogP contribution in [-0.2, 0) is 11.3 Å². The number of aliphatic hydroxyl groups excluding tert-OH is 1. The molecule has 1 unspecified atom stereocenters. The Hall–Kier alpha value is -1.39. The fourth-order valence-corrected chi connectivity index (χ4v) is 3.73. The van der Waals surface area contributed by atoms with Crippen LogP contribution in [0, 0.1) is 12.3 Å². The van der Waals surface area contributed by atoms with Crippen molar-refractivity contribution < 1.29 is 9.84 Å². The number of halogens is 1. The number of nitrogens with one attached hydrogen (secondary N) is 2. The molecule has 7 nitrogen and oxygen atoms in total. The highest BCUT2D eigenvalue weighted by Crippen LogP contribution is 2.31. The minimum Gasteiger partial charge on any atom is -0.396 e. The average Bonchev–Trinajstić information content (AvgIpc) is 3.26. The van der Waals surface area contributed by atoms with Crippen LogP contribution in [0.5, 0.6) is 0 Å². The lowest BCUT2D eigenvalue weighted by molar-refractivity contribution is 0.127. The molecule has 0 spiro atoms. The number of imidazole rings is 1. The number of rotatable bonds is 8. The van der Waals surface area contributed by atoms with E-state index in [0.717, 1.165) is 62.8 Å². The van der Waals surface area contributed by atoms with Crippen molar-refractivity contribution in [3.63, 3.8) is 0 Å². The van der Waals surface area contributed by atoms with Crippen LogP contribution in [-0.4, -0.2) is 60.6 Å². The first-order chi connectivity index (χ1) is 13.2. The summed E-state index contributed by atoms with van der Waals surface area (Å²) in [6.45, 7) is 6.22. The highest BCUT2D eigenvalue weighted by atomic mass is 127. The van der Waals surface area contributed by atoms with Crippen LogP contribution in [0.25, 0.3) is 11.0 Å². The van der Waals surface area contributed by atoms with Gasteiger partial charge in [-0.25, -0.2) is 4.98 Å². The predicted octanol–water partition coefficient (Wildman–Crippen LogP) is 2.31. The molecule has 2 heterocycles. The topological polar surface area (TPSA) is 83.7 Å². The van der Waals surface area contributed by atoms with Crippen molar-refractivity contribution in [2.45, 2.75) is 32.7 Å². The molecule has 1 aromatic carbocycles. The van der Waals surface area contributed by atoms with Crippen LogP contribution in [0.1, 0.15) is 25.1 Å². The van der Waals surface area contributed by atoms with E-state index >= 15 is 0 Å². The molecule has 0 saturated carbocycles. The van der Waals surface area contributed by atoms with Gasteiger partial charge in [-0.1, -0.05) is 12.1 Å². The smallest absolute Gasteiger partial charge is 0.190 e. The first kappa shape index (κ1) is 22.9. The van der Waals surface area contributed by atoms with Crippen molar-refractivity contribution in [2.24, 2.45) is 10.4 Å². The Labute approximate surface area is 184 Å². The van der Waals surface area contributed by atoms with Gasteiger partial charge < -0.3 is 25.0 Å². The van der Waals surface area contributed by atoms with Gasteiger partial charge in [0.05, 0.1) is 17.6 Å². The molecule has 1 aliphatic rings. The summed E-state index contributed by atoms with van der Waals surface area (Å²) < 4.78 is 7.81. The lowest BCUT2D eigenvalue weighted by atomic mass is 9.84. The zero-order chi connectivity index (χ0) is 19.1. The standard InChI is InChI=1S/C20H31N5O2.HI/c1-16-24-17-6-3-4-7-18(17)25(16)11-5-10-22-19(21-2)23-14-20(8-12-26)9-13-27-15-20;/h3-4,6-7,26H,5,8-15H2,1-2H3,(H2,21,22,23);1H. The summed E-state index contributed by atoms with van der Waals surface area (Å²) >= 11 is 0. The zero-order valence-corrected chi connectivity index (χ0v) is 19.1. The number of aliphatic hydroxyl groups is 1. The van der Waals surface area contributed by atoms with Gasteiger partial charge in [-0.3, -0.25) is 4.99 Å². The number of ether oxygens (including phenoxy) is 1. The summed E-state index contributed by atoms with van der Waals surface area (Å²) in [5.41, 5.74) is 2.25. The lowest BCUT2D eigenvalue weighted by Crippen LogP contribution is -2.44. The van der Waals surface area contributed by atoms with Crippen LogP contribution in [0.4, 0.5) is 0 Å². The molecule has 2 aromatic rings. The van der Waals surface area contributed by atoms with Crippen LogP contribution >= 0.6 is 24.0 Å². The minimum atomic E-state index is 0. The fraction of sp³-hybridized carbons (Fsp3) is 0.600. The molecule has 1 aromatic heterocycles. The Balaban J connectivity index is 0.00000280. The summed E-state index contributed by atoms with van der Waals surface area (Å²) in [5.74, 6) is 1.84. The molecule has 3 rings (SSSR count). The molecule has 156 valence electrons. The van der Waals surface area contributed by atoms with Gasteiger partial charge in [-0.05, 0) is 38.3 Å². The van der Waals surface area contributed by atoms with Crippen molar-refractivity contribution in [1.82, 2.24) is 20.2 Å². The summed E-state index contributed by atoms with van der Waals surface area (Å²) in [4.78, 5) is 8.93. The van der Waals surface area contributed by atoms with Gasteiger partial charge in [0, 0.05) is 45.3 Å². The summed E-state index contributed by atoms with van der Waals surface area (Å²) in [6.07, 6.45) is 2.71. The van der Waals surface area contributed by atoms with E-state index in [-0.39, 0.29) is 36.0 Å². The Kier molecular flexibility index (Phi) is 8.97. The maximum Gasteiger partial charge on any atom is 0.190 e. The van der Waals surface area contributed by atoms with E-state index < -0.39 is 0 Å². The van der Waals surface area contributed by atoms with Crippen LogP contribution in [0.15, 0.2) is 29.3 Å². The molecule has 0 amide bonds. The quantitative estimate of drug-likeness (QED) is 0.224. The van der Waals surface area contributed by atoms with Gasteiger partial charge in [-0.2, -0.15) is 0 Å². The number of fused-ring (bicyclic) bond motifs is 1. The summed E-state index contributed by atoms with van der Waals surface area (Å²) in [7, 11) is 1.78. The van der Waals surface area contributed by atoms with E-state index in [1.165, 1.54) is 5.52 Å². The second-order valence-corrected chi connectivity index (χ2v) is 7.28. The van der Waals surface area contributed by atoms with Crippen molar-refractivity contribution in [2.75, 3.05) is 40.0 Å². The van der Waals surface area contributed by atoms with Gasteiger partial charge in [0.2, 0.25) is 0 Å². The van der Waals surface area contributed by atoms with E-state index in [0.29, 0.717) is 6.61 Å². The number of aliphatic imine (C=N–C) groups is 1. The maximum atomic E-state index is 9.34. The van der Waals surface area contributed by atoms with E-state index in [4.69, 9.17) is 4.74 Å². The van der Waals surface area contributed by atoms with Gasteiger partial charge in [0.1, 0.15) is 5.82 Å². The van der Waals surface area contributed by atoms with Crippen molar-refractivity contribution in [3.05, 3.63) is 30.1 Å². The normalized spacial score (nSPS) is 19.6. The number of nitrogens with zero attached hydrogens (tertiary/aromatic N) is 3. The van der Waals surface area contributed by atoms with E-state index in [2.05, 4.69) is 50.3 Å². The highest BCUT2D eigenvalue weighted by molar-refractivity contribution is 14.0.